The molecule has 4 nitrogen and oxygen atoms in total. The summed E-state index contributed by atoms with van der Waals surface area (Å²) in [4.78, 5) is 20.0. The summed E-state index contributed by atoms with van der Waals surface area (Å²) in [5.74, 6) is 0.209. The molecule has 1 aromatic carbocycles. The minimum atomic E-state index is -1.88. The van der Waals surface area contributed by atoms with Crippen LogP contribution >= 0.6 is 15.9 Å². The molecule has 2 heterocycles. The molecule has 1 aliphatic heterocycles. The fraction of sp³-hybridized carbons (Fsp3) is 0.583. The molecule has 1 saturated carbocycles. The summed E-state index contributed by atoms with van der Waals surface area (Å²) in [6, 6.07) is 6.17. The van der Waals surface area contributed by atoms with Crippen LogP contribution < -0.4 is 4.90 Å². The number of aromatic nitrogens is 1. The van der Waals surface area contributed by atoms with Crippen LogP contribution in [0.15, 0.2) is 28.9 Å². The SMILES string of the molecule is CN1C(=O)C2(CCC(C)(O[Si](C)(C)C(C)(C)C)CC2)c2c1cnc1ccc(Br)cc21. The van der Waals surface area contributed by atoms with E-state index in [1.54, 1.807) is 0 Å². The number of rotatable bonds is 2. The zero-order valence-corrected chi connectivity index (χ0v) is 21.8. The van der Waals surface area contributed by atoms with Crippen molar-refractivity contribution in [2.45, 2.75) is 82.5 Å². The smallest absolute Gasteiger partial charge is 0.237 e. The van der Waals surface area contributed by atoms with Crippen molar-refractivity contribution in [2.24, 2.45) is 0 Å². The second-order valence-corrected chi connectivity index (χ2v) is 16.6. The molecule has 162 valence electrons. The topological polar surface area (TPSA) is 42.4 Å². The molecule has 0 unspecified atom stereocenters. The van der Waals surface area contributed by atoms with Crippen molar-refractivity contribution >= 4 is 46.7 Å². The monoisotopic (exact) mass is 488 g/mol. The van der Waals surface area contributed by atoms with Crippen molar-refractivity contribution in [3.8, 4) is 0 Å². The van der Waals surface area contributed by atoms with Crippen LogP contribution in [0.3, 0.4) is 0 Å². The van der Waals surface area contributed by atoms with E-state index in [4.69, 9.17) is 4.43 Å². The summed E-state index contributed by atoms with van der Waals surface area (Å²) in [5.41, 5.74) is 2.43. The molecule has 1 aliphatic carbocycles. The Morgan fingerprint density at radius 1 is 1.17 bits per heavy atom. The highest BCUT2D eigenvalue weighted by Gasteiger charge is 2.55. The molecule has 1 amide bonds. The van der Waals surface area contributed by atoms with Gasteiger partial charge in [-0.3, -0.25) is 9.78 Å². The number of likely N-dealkylation sites (N-methyl/N-ethyl adjacent to an activating group) is 1. The van der Waals surface area contributed by atoms with E-state index in [2.05, 4.69) is 67.8 Å². The predicted molar refractivity (Wildman–Crippen MR) is 130 cm³/mol. The Kier molecular flexibility index (Phi) is 5.04. The van der Waals surface area contributed by atoms with Crippen molar-refractivity contribution in [1.82, 2.24) is 4.98 Å². The van der Waals surface area contributed by atoms with E-state index >= 15 is 0 Å². The van der Waals surface area contributed by atoms with Crippen LogP contribution in [0.1, 0.15) is 58.9 Å². The Morgan fingerprint density at radius 2 is 1.80 bits per heavy atom. The number of hydrogen-bond acceptors (Lipinski definition) is 3. The van der Waals surface area contributed by atoms with Crippen LogP contribution in [-0.2, 0) is 14.6 Å². The molecule has 30 heavy (non-hydrogen) atoms. The van der Waals surface area contributed by atoms with Crippen molar-refractivity contribution in [1.29, 1.82) is 0 Å². The zero-order chi connectivity index (χ0) is 22.1. The molecule has 2 aliphatic rings. The molecule has 4 rings (SSSR count). The van der Waals surface area contributed by atoms with Crippen LogP contribution in [0.4, 0.5) is 5.69 Å². The molecule has 0 bridgehead atoms. The van der Waals surface area contributed by atoms with Gasteiger partial charge >= 0.3 is 0 Å². The van der Waals surface area contributed by atoms with E-state index in [1.807, 2.05) is 30.3 Å². The maximum atomic E-state index is 13.6. The number of hydrogen-bond donors (Lipinski definition) is 0. The average molecular weight is 490 g/mol. The van der Waals surface area contributed by atoms with E-state index < -0.39 is 13.7 Å². The van der Waals surface area contributed by atoms with Gasteiger partial charge in [0.05, 0.1) is 28.4 Å². The second-order valence-electron chi connectivity index (χ2n) is 10.9. The van der Waals surface area contributed by atoms with Crippen LogP contribution in [0, 0.1) is 0 Å². The Bertz CT molecular complexity index is 1020. The first-order chi connectivity index (χ1) is 13.8. The van der Waals surface area contributed by atoms with Gasteiger partial charge in [0, 0.05) is 22.5 Å². The van der Waals surface area contributed by atoms with E-state index in [-0.39, 0.29) is 16.5 Å². The highest BCUT2D eigenvalue weighted by molar-refractivity contribution is 9.10. The van der Waals surface area contributed by atoms with Crippen LogP contribution in [-0.4, -0.2) is 31.9 Å². The summed E-state index contributed by atoms with van der Waals surface area (Å²) in [6.45, 7) is 13.8. The van der Waals surface area contributed by atoms with Gasteiger partial charge in [-0.25, -0.2) is 0 Å². The second kappa shape index (κ2) is 6.88. The molecule has 0 saturated heterocycles. The Labute approximate surface area is 189 Å². The first-order valence-corrected chi connectivity index (χ1v) is 14.6. The number of anilines is 1. The van der Waals surface area contributed by atoms with Gasteiger partial charge in [0.25, 0.3) is 0 Å². The molecule has 0 N–H and O–H groups in total. The number of carbonyl (C=O) groups is 1. The number of fused-ring (bicyclic) bond motifs is 4. The minimum Gasteiger partial charge on any atom is -0.412 e. The van der Waals surface area contributed by atoms with Gasteiger partial charge in [-0.2, -0.15) is 0 Å². The van der Waals surface area contributed by atoms with Gasteiger partial charge in [-0.05, 0) is 68.9 Å². The third-order valence-electron chi connectivity index (χ3n) is 7.83. The van der Waals surface area contributed by atoms with Crippen molar-refractivity contribution in [3.63, 3.8) is 0 Å². The first kappa shape index (κ1) is 22.0. The van der Waals surface area contributed by atoms with E-state index in [1.165, 1.54) is 0 Å². The molecule has 0 radical (unpaired) electrons. The summed E-state index contributed by atoms with van der Waals surface area (Å²) in [7, 11) is 0.00957. The summed E-state index contributed by atoms with van der Waals surface area (Å²) in [5, 5.41) is 1.27. The molecule has 0 atom stereocenters. The third-order valence-corrected chi connectivity index (χ3v) is 12.9. The lowest BCUT2D eigenvalue weighted by Gasteiger charge is -2.49. The van der Waals surface area contributed by atoms with Crippen molar-refractivity contribution in [3.05, 3.63) is 34.4 Å². The van der Waals surface area contributed by atoms with E-state index in [9.17, 15) is 4.79 Å². The van der Waals surface area contributed by atoms with Crippen LogP contribution in [0.2, 0.25) is 18.1 Å². The summed E-state index contributed by atoms with van der Waals surface area (Å²) in [6.07, 6.45) is 5.31. The van der Waals surface area contributed by atoms with Crippen molar-refractivity contribution in [2.75, 3.05) is 11.9 Å². The maximum absolute atomic E-state index is 13.6. The Hall–Kier alpha value is -1.24. The lowest BCUT2D eigenvalue weighted by molar-refractivity contribution is -0.125. The third kappa shape index (κ3) is 3.26. The fourth-order valence-corrected chi connectivity index (χ4v) is 7.09. The standard InChI is InChI=1S/C24H33BrN2O2Si/c1-22(2,3)30(6,7)29-23(4)10-12-24(13-11-23)20-17-14-16(25)8-9-18(17)26-15-19(20)27(5)21(24)28/h8-9,14-15H,10-13H2,1-7H3. The number of halogens is 1. The van der Waals surface area contributed by atoms with Crippen molar-refractivity contribution < 1.29 is 9.22 Å². The molecule has 6 heteroatoms. The van der Waals surface area contributed by atoms with Gasteiger partial charge < -0.3 is 9.33 Å². The zero-order valence-electron chi connectivity index (χ0n) is 19.2. The summed E-state index contributed by atoms with van der Waals surface area (Å²) >= 11 is 3.61. The largest absolute Gasteiger partial charge is 0.412 e. The molecule has 2 aromatic rings. The normalized spacial score (nSPS) is 27.2. The highest BCUT2D eigenvalue weighted by Crippen LogP contribution is 2.55. The van der Waals surface area contributed by atoms with Crippen LogP contribution in [0.25, 0.3) is 10.9 Å². The van der Waals surface area contributed by atoms with Gasteiger partial charge in [0.15, 0.2) is 8.32 Å². The molecular weight excluding hydrogens is 456 g/mol. The highest BCUT2D eigenvalue weighted by atomic mass is 79.9. The number of carbonyl (C=O) groups excluding carboxylic acids is 1. The lowest BCUT2D eigenvalue weighted by atomic mass is 9.65. The number of pyridine rings is 1. The summed E-state index contributed by atoms with van der Waals surface area (Å²) < 4.78 is 7.90. The Balaban J connectivity index is 1.73. The minimum absolute atomic E-state index is 0.167. The molecule has 1 aromatic heterocycles. The van der Waals surface area contributed by atoms with Gasteiger partial charge in [0.2, 0.25) is 5.91 Å². The number of benzene rings is 1. The fourth-order valence-electron chi connectivity index (χ4n) is 4.99. The van der Waals surface area contributed by atoms with Gasteiger partial charge in [0.1, 0.15) is 0 Å². The predicted octanol–water partition coefficient (Wildman–Crippen LogP) is 6.57. The van der Waals surface area contributed by atoms with E-state index in [0.717, 1.165) is 52.3 Å². The number of amides is 1. The molecular formula is C24H33BrN2O2Si. The first-order valence-electron chi connectivity index (χ1n) is 10.9. The van der Waals surface area contributed by atoms with E-state index in [0.29, 0.717) is 0 Å². The lowest BCUT2D eigenvalue weighted by Crippen LogP contribution is -2.52. The maximum Gasteiger partial charge on any atom is 0.237 e. The van der Waals surface area contributed by atoms with Crippen LogP contribution in [0.5, 0.6) is 0 Å². The Morgan fingerprint density at radius 3 is 2.40 bits per heavy atom. The number of nitrogens with zero attached hydrogens (tertiary/aromatic N) is 2. The quantitative estimate of drug-likeness (QED) is 0.449. The molecule has 1 spiro atoms. The molecule has 1 fully saturated rings. The van der Waals surface area contributed by atoms with Gasteiger partial charge in [-0.1, -0.05) is 36.7 Å². The average Bonchev–Trinajstić information content (AvgIpc) is 2.85. The van der Waals surface area contributed by atoms with Gasteiger partial charge in [-0.15, -0.1) is 0 Å².